The van der Waals surface area contributed by atoms with E-state index >= 15 is 0 Å². The molecule has 66 valence electrons. The highest BCUT2D eigenvalue weighted by Gasteiger charge is 2.07. The molecule has 0 amide bonds. The van der Waals surface area contributed by atoms with Crippen molar-refractivity contribution in [1.29, 1.82) is 0 Å². The van der Waals surface area contributed by atoms with Crippen LogP contribution in [0.5, 0.6) is 0 Å². The van der Waals surface area contributed by atoms with E-state index in [0.29, 0.717) is 0 Å². The van der Waals surface area contributed by atoms with E-state index in [1.165, 1.54) is 35.2 Å². The van der Waals surface area contributed by atoms with Gasteiger partial charge in [-0.15, -0.1) is 0 Å². The number of hydrogen-bond acceptors (Lipinski definition) is 0. The molecule has 0 unspecified atom stereocenters. The van der Waals surface area contributed by atoms with Crippen molar-refractivity contribution in [3.63, 3.8) is 0 Å². The molecular formula is C10H22Si. The van der Waals surface area contributed by atoms with Gasteiger partial charge in [0.1, 0.15) is 0 Å². The summed E-state index contributed by atoms with van der Waals surface area (Å²) in [5.74, 6) is 0. The second-order valence-electron chi connectivity index (χ2n) is 3.55. The normalized spacial score (nSPS) is 16.4. The molecule has 0 aromatic carbocycles. The van der Waals surface area contributed by atoms with Gasteiger partial charge in [0, 0.05) is 9.52 Å². The second-order valence-corrected chi connectivity index (χ2v) is 5.85. The summed E-state index contributed by atoms with van der Waals surface area (Å²) < 4.78 is 0. The molecule has 0 N–H and O–H groups in total. The molecule has 11 heavy (non-hydrogen) atoms. The minimum absolute atomic E-state index is 0.974. The smallest absolute Gasteiger partial charge is 0.0442 e. The molecule has 2 radical (unpaired) electrons. The van der Waals surface area contributed by atoms with E-state index in [4.69, 9.17) is 0 Å². The van der Waals surface area contributed by atoms with Crippen LogP contribution in [0.4, 0.5) is 0 Å². The third-order valence-corrected chi connectivity index (χ3v) is 3.73. The first kappa shape index (κ1) is 11.2. The molecule has 0 heterocycles. The van der Waals surface area contributed by atoms with Gasteiger partial charge in [0.25, 0.3) is 0 Å². The molecule has 0 saturated heterocycles. The summed E-state index contributed by atoms with van der Waals surface area (Å²) in [6.45, 7) is 9.36. The molecule has 2 atom stereocenters. The van der Waals surface area contributed by atoms with Crippen LogP contribution in [0.15, 0.2) is 0 Å². The zero-order valence-electron chi connectivity index (χ0n) is 8.48. The van der Waals surface area contributed by atoms with Crippen molar-refractivity contribution >= 4 is 9.52 Å². The van der Waals surface area contributed by atoms with Crippen LogP contribution in [0.1, 0.15) is 53.4 Å². The van der Waals surface area contributed by atoms with E-state index in [0.717, 1.165) is 11.1 Å². The summed E-state index contributed by atoms with van der Waals surface area (Å²) >= 11 is 0. The first-order valence-electron chi connectivity index (χ1n) is 4.96. The van der Waals surface area contributed by atoms with Gasteiger partial charge in [0.15, 0.2) is 0 Å². The van der Waals surface area contributed by atoms with Crippen molar-refractivity contribution in [3.05, 3.63) is 0 Å². The van der Waals surface area contributed by atoms with Gasteiger partial charge in [-0.1, -0.05) is 64.5 Å². The lowest BCUT2D eigenvalue weighted by molar-refractivity contribution is 0.715. The predicted molar refractivity (Wildman–Crippen MR) is 54.4 cm³/mol. The maximum absolute atomic E-state index is 2.40. The summed E-state index contributed by atoms with van der Waals surface area (Å²) in [4.78, 5) is 0. The largest absolute Gasteiger partial charge is 0.0654 e. The lowest BCUT2D eigenvalue weighted by atomic mass is 10.3. The summed E-state index contributed by atoms with van der Waals surface area (Å²) in [5.41, 5.74) is 1.95. The summed E-state index contributed by atoms with van der Waals surface area (Å²) in [5, 5.41) is 0. The molecule has 0 bridgehead atoms. The molecule has 0 nitrogen and oxygen atoms in total. The molecule has 1 heteroatoms. The van der Waals surface area contributed by atoms with Crippen LogP contribution in [0.3, 0.4) is 0 Å². The maximum atomic E-state index is 2.40. The Hall–Kier alpha value is 0.217. The maximum Gasteiger partial charge on any atom is 0.0442 e. The molecule has 0 aliphatic heterocycles. The van der Waals surface area contributed by atoms with Gasteiger partial charge < -0.3 is 0 Å². The third-order valence-electron chi connectivity index (χ3n) is 2.01. The van der Waals surface area contributed by atoms with E-state index in [9.17, 15) is 0 Å². The highest BCUT2D eigenvalue weighted by molar-refractivity contribution is 6.39. The number of hydrogen-bond donors (Lipinski definition) is 0. The van der Waals surface area contributed by atoms with Crippen LogP contribution < -0.4 is 0 Å². The van der Waals surface area contributed by atoms with Gasteiger partial charge >= 0.3 is 0 Å². The first-order chi connectivity index (χ1) is 5.20. The van der Waals surface area contributed by atoms with E-state index in [2.05, 4.69) is 27.7 Å². The quantitative estimate of drug-likeness (QED) is 0.530. The van der Waals surface area contributed by atoms with Crippen LogP contribution in [-0.2, 0) is 0 Å². The Labute approximate surface area is 74.6 Å². The van der Waals surface area contributed by atoms with Crippen LogP contribution in [0, 0.1) is 0 Å². The fourth-order valence-electron chi connectivity index (χ4n) is 1.52. The average molecular weight is 170 g/mol. The lowest BCUT2D eigenvalue weighted by Crippen LogP contribution is -2.05. The van der Waals surface area contributed by atoms with E-state index in [1.54, 1.807) is 0 Å². The van der Waals surface area contributed by atoms with Gasteiger partial charge in [-0.3, -0.25) is 0 Å². The molecular weight excluding hydrogens is 148 g/mol. The van der Waals surface area contributed by atoms with Gasteiger partial charge in [0.05, 0.1) is 0 Å². The van der Waals surface area contributed by atoms with Gasteiger partial charge in [-0.2, -0.15) is 0 Å². The Morgan fingerprint density at radius 3 is 1.55 bits per heavy atom. The van der Waals surface area contributed by atoms with E-state index in [-0.39, 0.29) is 0 Å². The fraction of sp³-hybridized carbons (Fsp3) is 1.00. The Morgan fingerprint density at radius 2 is 1.27 bits per heavy atom. The molecule has 0 aromatic heterocycles. The molecule has 0 rings (SSSR count). The van der Waals surface area contributed by atoms with Crippen molar-refractivity contribution in [2.75, 3.05) is 0 Å². The average Bonchev–Trinajstić information content (AvgIpc) is 1.87. The molecule has 0 spiro atoms. The minimum Gasteiger partial charge on any atom is -0.0654 e. The molecule has 0 aromatic rings. The van der Waals surface area contributed by atoms with E-state index < -0.39 is 0 Å². The van der Waals surface area contributed by atoms with Crippen molar-refractivity contribution in [3.8, 4) is 0 Å². The zero-order chi connectivity index (χ0) is 8.69. The van der Waals surface area contributed by atoms with Gasteiger partial charge in [-0.05, 0) is 0 Å². The van der Waals surface area contributed by atoms with Crippen molar-refractivity contribution in [2.24, 2.45) is 0 Å². The highest BCUT2D eigenvalue weighted by atomic mass is 28.2. The Morgan fingerprint density at radius 1 is 0.909 bits per heavy atom. The molecule has 0 fully saturated rings. The van der Waals surface area contributed by atoms with Crippen molar-refractivity contribution in [1.82, 2.24) is 0 Å². The number of rotatable bonds is 6. The summed E-state index contributed by atoms with van der Waals surface area (Å²) in [6, 6.07) is 0. The monoisotopic (exact) mass is 170 g/mol. The molecule has 0 aliphatic rings. The Balaban J connectivity index is 3.32. The van der Waals surface area contributed by atoms with Crippen LogP contribution >= 0.6 is 0 Å². The minimum atomic E-state index is 0.974. The molecule has 0 saturated carbocycles. The first-order valence-corrected chi connectivity index (χ1v) is 6.12. The van der Waals surface area contributed by atoms with Gasteiger partial charge in [0.2, 0.25) is 0 Å². The van der Waals surface area contributed by atoms with Crippen LogP contribution in [0.2, 0.25) is 11.1 Å². The Bertz CT molecular complexity index is 70.9. The lowest BCUT2D eigenvalue weighted by Gasteiger charge is -2.14. The molecule has 0 aliphatic carbocycles. The fourth-order valence-corrected chi connectivity index (χ4v) is 3.40. The topological polar surface area (TPSA) is 0 Å². The van der Waals surface area contributed by atoms with Crippen molar-refractivity contribution in [2.45, 2.75) is 64.5 Å². The van der Waals surface area contributed by atoms with Crippen LogP contribution in [-0.4, -0.2) is 9.52 Å². The second kappa shape index (κ2) is 6.90. The predicted octanol–water partition coefficient (Wildman–Crippen LogP) is 3.91. The van der Waals surface area contributed by atoms with E-state index in [1.807, 2.05) is 0 Å². The SMILES string of the molecule is CCC[C@H](C)[Si][C@@H](C)CCC. The summed E-state index contributed by atoms with van der Waals surface area (Å²) in [7, 11) is 1.19. The Kier molecular flexibility index (Phi) is 7.03. The summed E-state index contributed by atoms with van der Waals surface area (Å²) in [6.07, 6.45) is 5.55. The van der Waals surface area contributed by atoms with Crippen LogP contribution in [0.25, 0.3) is 0 Å². The van der Waals surface area contributed by atoms with Crippen molar-refractivity contribution < 1.29 is 0 Å². The standard InChI is InChI=1S/C10H22Si/c1-5-7-9(3)11-10(4)8-6-2/h9-10H,5-8H2,1-4H3/t9-,10-/m0/s1. The van der Waals surface area contributed by atoms with Gasteiger partial charge in [-0.25, -0.2) is 0 Å². The highest BCUT2D eigenvalue weighted by Crippen LogP contribution is 2.20. The zero-order valence-corrected chi connectivity index (χ0v) is 9.48. The third kappa shape index (κ3) is 6.61.